The summed E-state index contributed by atoms with van der Waals surface area (Å²) in [6.07, 6.45) is 5.40. The summed E-state index contributed by atoms with van der Waals surface area (Å²) in [5.74, 6) is 3.77. The van der Waals surface area contributed by atoms with E-state index < -0.39 is 0 Å². The predicted octanol–water partition coefficient (Wildman–Crippen LogP) is 17.1. The molecule has 12 rings (SSSR count). The van der Waals surface area contributed by atoms with Crippen molar-refractivity contribution in [1.29, 1.82) is 0 Å². The van der Waals surface area contributed by atoms with Crippen molar-refractivity contribution in [2.45, 2.75) is 45.4 Å². The minimum atomic E-state index is 0.617. The number of aromatic nitrogens is 1. The van der Waals surface area contributed by atoms with Gasteiger partial charge in [-0.1, -0.05) is 159 Å². The normalized spacial score (nSPS) is 19.8. The van der Waals surface area contributed by atoms with Crippen LogP contribution < -0.4 is 4.90 Å². The second kappa shape index (κ2) is 15.5. The quantitative estimate of drug-likeness (QED) is 0.156. The van der Waals surface area contributed by atoms with Crippen molar-refractivity contribution in [3.8, 4) is 27.9 Å². The summed E-state index contributed by atoms with van der Waals surface area (Å²) in [7, 11) is 0. The van der Waals surface area contributed by atoms with Gasteiger partial charge in [0.2, 0.25) is 0 Å². The Balaban J connectivity index is 0.972. The standard InChI is InChI=1S/C61H52N2/c1-40-34-47-36-41(2)37-48(35-40)61(47)55-23-8-10-26-59(55)63-58-25-9-7-22-54(58)56-39-46(30-33-60(56)63)45-18-11-19-50(38-45)62(57-27-13-17-43-15-4-6-21-53(43)57)49-31-28-44(29-32-49)52-24-12-16-42-14-3-5-20-51(42)52/h3-33,38-41,47-48,61H,34-37H2,1-2H3/t40-,41+,47+,48-,61?. The van der Waals surface area contributed by atoms with Gasteiger partial charge >= 0.3 is 0 Å². The third kappa shape index (κ3) is 6.54. The number of benzene rings is 9. The molecular weight excluding hydrogens is 761 g/mol. The molecule has 1 heterocycles. The summed E-state index contributed by atoms with van der Waals surface area (Å²) in [5, 5.41) is 7.57. The van der Waals surface area contributed by atoms with E-state index in [-0.39, 0.29) is 0 Å². The van der Waals surface area contributed by atoms with Gasteiger partial charge in [-0.2, -0.15) is 0 Å². The molecule has 63 heavy (non-hydrogen) atoms. The molecule has 0 N–H and O–H groups in total. The van der Waals surface area contributed by atoms with Crippen LogP contribution in [0.25, 0.3) is 71.3 Å². The second-order valence-electron chi connectivity index (χ2n) is 18.8. The van der Waals surface area contributed by atoms with Gasteiger partial charge in [0.05, 0.1) is 16.7 Å². The third-order valence-electron chi connectivity index (χ3n) is 14.7. The number of para-hydroxylation sites is 2. The first-order valence-electron chi connectivity index (χ1n) is 23.1. The maximum Gasteiger partial charge on any atom is 0.0541 e. The van der Waals surface area contributed by atoms with E-state index in [0.29, 0.717) is 5.92 Å². The smallest absolute Gasteiger partial charge is 0.0541 e. The molecule has 1 aromatic heterocycles. The van der Waals surface area contributed by atoms with Crippen LogP contribution >= 0.6 is 0 Å². The van der Waals surface area contributed by atoms with E-state index in [2.05, 4.69) is 224 Å². The van der Waals surface area contributed by atoms with Gasteiger partial charge in [0.1, 0.15) is 0 Å². The molecule has 2 aliphatic rings. The SMILES string of the molecule is C[C@H]1C[C@@H]2C[C@@H](C)C[C@H](C1)C2c1ccccc1-n1c2ccccc2c2cc(-c3cccc(N(c4ccc(-c5cccc6ccccc56)cc4)c4cccc5ccccc45)c3)ccc21. The van der Waals surface area contributed by atoms with Crippen molar-refractivity contribution in [3.05, 3.63) is 206 Å². The van der Waals surface area contributed by atoms with Gasteiger partial charge in [-0.05, 0) is 154 Å². The lowest BCUT2D eigenvalue weighted by molar-refractivity contribution is 0.0795. The Bertz CT molecular complexity index is 3280. The number of fused-ring (bicyclic) bond motifs is 7. The molecule has 2 aliphatic carbocycles. The highest BCUT2D eigenvalue weighted by atomic mass is 15.1. The topological polar surface area (TPSA) is 8.17 Å². The fourth-order valence-corrected chi connectivity index (χ4v) is 12.2. The van der Waals surface area contributed by atoms with Crippen LogP contribution in [-0.2, 0) is 0 Å². The number of nitrogens with zero attached hydrogens (tertiary/aromatic N) is 2. The van der Waals surface area contributed by atoms with Crippen LogP contribution in [0, 0.1) is 23.7 Å². The highest BCUT2D eigenvalue weighted by molar-refractivity contribution is 6.11. The molecule has 2 heteroatoms. The van der Waals surface area contributed by atoms with Gasteiger partial charge in [0.25, 0.3) is 0 Å². The molecule has 9 aromatic carbocycles. The van der Waals surface area contributed by atoms with Crippen LogP contribution in [0.1, 0.15) is 51.0 Å². The average molecular weight is 813 g/mol. The predicted molar refractivity (Wildman–Crippen MR) is 268 cm³/mol. The Hall–Kier alpha value is -6.90. The maximum absolute atomic E-state index is 2.58. The van der Waals surface area contributed by atoms with E-state index in [0.717, 1.165) is 40.7 Å². The van der Waals surface area contributed by atoms with E-state index in [4.69, 9.17) is 0 Å². The van der Waals surface area contributed by atoms with Crippen molar-refractivity contribution < 1.29 is 0 Å². The molecule has 306 valence electrons. The Morgan fingerprint density at radius 3 is 1.76 bits per heavy atom. The molecule has 2 nitrogen and oxygen atoms in total. The van der Waals surface area contributed by atoms with Crippen LogP contribution in [0.4, 0.5) is 17.1 Å². The van der Waals surface area contributed by atoms with E-state index >= 15 is 0 Å². The number of hydrogen-bond donors (Lipinski definition) is 0. The molecule has 0 radical (unpaired) electrons. The first-order chi connectivity index (χ1) is 31.1. The van der Waals surface area contributed by atoms with Crippen molar-refractivity contribution >= 4 is 60.4 Å². The zero-order valence-corrected chi connectivity index (χ0v) is 36.2. The molecule has 0 spiro atoms. The van der Waals surface area contributed by atoms with Crippen molar-refractivity contribution in [2.75, 3.05) is 4.90 Å². The molecule has 0 unspecified atom stereocenters. The second-order valence-corrected chi connectivity index (χ2v) is 18.8. The average Bonchev–Trinajstić information content (AvgIpc) is 3.65. The molecule has 2 fully saturated rings. The van der Waals surface area contributed by atoms with Gasteiger partial charge < -0.3 is 9.47 Å². The fraction of sp³-hybridized carbons (Fsp3) is 0.180. The lowest BCUT2D eigenvalue weighted by Crippen LogP contribution is -2.37. The molecule has 0 amide bonds. The maximum atomic E-state index is 2.58. The van der Waals surface area contributed by atoms with Crippen molar-refractivity contribution in [3.63, 3.8) is 0 Å². The molecule has 0 saturated heterocycles. The van der Waals surface area contributed by atoms with Crippen LogP contribution in [0.5, 0.6) is 0 Å². The van der Waals surface area contributed by atoms with Gasteiger partial charge in [-0.3, -0.25) is 0 Å². The summed E-state index contributed by atoms with van der Waals surface area (Å²) >= 11 is 0. The monoisotopic (exact) mass is 812 g/mol. The van der Waals surface area contributed by atoms with Crippen LogP contribution in [0.15, 0.2) is 200 Å². The van der Waals surface area contributed by atoms with E-state index in [1.807, 2.05) is 0 Å². The molecule has 0 aliphatic heterocycles. The van der Waals surface area contributed by atoms with Gasteiger partial charge in [0, 0.05) is 33.2 Å². The highest BCUT2D eigenvalue weighted by Gasteiger charge is 2.43. The molecule has 2 saturated carbocycles. The minimum absolute atomic E-state index is 0.617. The summed E-state index contributed by atoms with van der Waals surface area (Å²) in [4.78, 5) is 2.43. The van der Waals surface area contributed by atoms with Gasteiger partial charge in [-0.15, -0.1) is 0 Å². The fourth-order valence-electron chi connectivity index (χ4n) is 12.2. The number of hydrogen-bond acceptors (Lipinski definition) is 1. The minimum Gasteiger partial charge on any atom is -0.310 e. The highest BCUT2D eigenvalue weighted by Crippen LogP contribution is 2.55. The van der Waals surface area contributed by atoms with Gasteiger partial charge in [-0.25, -0.2) is 0 Å². The van der Waals surface area contributed by atoms with Crippen LogP contribution in [-0.4, -0.2) is 4.57 Å². The summed E-state index contributed by atoms with van der Waals surface area (Å²) in [6, 6.07) is 74.5. The number of rotatable bonds is 7. The number of anilines is 3. The molecule has 2 bridgehead atoms. The Labute approximate surface area is 371 Å². The molecule has 10 aromatic rings. The van der Waals surface area contributed by atoms with Crippen molar-refractivity contribution in [1.82, 2.24) is 4.57 Å². The Kier molecular flexibility index (Phi) is 9.29. The Morgan fingerprint density at radius 1 is 0.413 bits per heavy atom. The van der Waals surface area contributed by atoms with E-state index in [1.165, 1.54) is 97.0 Å². The molecular formula is C61H52N2. The zero-order valence-electron chi connectivity index (χ0n) is 36.2. The van der Waals surface area contributed by atoms with Gasteiger partial charge in [0.15, 0.2) is 0 Å². The Morgan fingerprint density at radius 2 is 0.984 bits per heavy atom. The van der Waals surface area contributed by atoms with Crippen LogP contribution in [0.2, 0.25) is 0 Å². The lowest BCUT2D eigenvalue weighted by atomic mass is 9.57. The van der Waals surface area contributed by atoms with E-state index in [1.54, 1.807) is 5.56 Å². The summed E-state index contributed by atoms with van der Waals surface area (Å²) < 4.78 is 2.58. The first-order valence-corrected chi connectivity index (χ1v) is 23.1. The molecule has 0 atom stereocenters. The largest absolute Gasteiger partial charge is 0.310 e. The summed E-state index contributed by atoms with van der Waals surface area (Å²) in [6.45, 7) is 4.98. The van der Waals surface area contributed by atoms with Crippen molar-refractivity contribution in [2.24, 2.45) is 23.7 Å². The third-order valence-corrected chi connectivity index (χ3v) is 14.7. The lowest BCUT2D eigenvalue weighted by Gasteiger charge is -2.48. The van der Waals surface area contributed by atoms with Crippen LogP contribution in [0.3, 0.4) is 0 Å². The summed E-state index contributed by atoms with van der Waals surface area (Å²) in [5.41, 5.74) is 13.7. The van der Waals surface area contributed by atoms with E-state index in [9.17, 15) is 0 Å². The zero-order chi connectivity index (χ0) is 42.0. The first kappa shape index (κ1) is 37.8.